The van der Waals surface area contributed by atoms with Crippen LogP contribution >= 0.6 is 0 Å². The highest BCUT2D eigenvalue weighted by Gasteiger charge is 2.38. The molecule has 2 aromatic carbocycles. The molecule has 3 nitrogen and oxygen atoms in total. The zero-order valence-corrected chi connectivity index (χ0v) is 15.4. The van der Waals surface area contributed by atoms with E-state index >= 15 is 0 Å². The van der Waals surface area contributed by atoms with Crippen LogP contribution in [0, 0.1) is 5.92 Å². The molecule has 0 aromatic heterocycles. The van der Waals surface area contributed by atoms with E-state index in [4.69, 9.17) is 0 Å². The number of nitrogens with zero attached hydrogens (tertiary/aromatic N) is 2. The number of halogens is 6. The fourth-order valence-corrected chi connectivity index (χ4v) is 3.05. The first kappa shape index (κ1) is 20.9. The zero-order valence-electron chi connectivity index (χ0n) is 15.4. The summed E-state index contributed by atoms with van der Waals surface area (Å²) in [5.41, 5.74) is -2.85. The summed E-state index contributed by atoms with van der Waals surface area (Å²) in [6.45, 7) is 4.10. The third-order valence-electron chi connectivity index (χ3n) is 4.26. The van der Waals surface area contributed by atoms with Gasteiger partial charge in [-0.15, -0.1) is 0 Å². The normalized spacial score (nSPS) is 16.1. The predicted molar refractivity (Wildman–Crippen MR) is 96.3 cm³/mol. The molecule has 2 aromatic rings. The molecule has 29 heavy (non-hydrogen) atoms. The summed E-state index contributed by atoms with van der Waals surface area (Å²) in [5.74, 6) is -0.470. The Labute approximate surface area is 162 Å². The van der Waals surface area contributed by atoms with Gasteiger partial charge in [0.1, 0.15) is 5.71 Å². The number of aliphatic imine (C=N–C) groups is 1. The molecule has 0 atom stereocenters. The van der Waals surface area contributed by atoms with E-state index in [1.807, 2.05) is 13.8 Å². The number of hydrogen-bond acceptors (Lipinski definition) is 2. The molecule has 1 amide bonds. The number of alkyl halides is 6. The molecule has 1 aliphatic rings. The van der Waals surface area contributed by atoms with E-state index < -0.39 is 35.1 Å². The Balaban J connectivity index is 2.16. The molecule has 3 rings (SSSR count). The van der Waals surface area contributed by atoms with Crippen molar-refractivity contribution in [2.45, 2.75) is 26.2 Å². The van der Waals surface area contributed by atoms with Gasteiger partial charge in [-0.25, -0.2) is 4.99 Å². The molecule has 0 N–H and O–H groups in total. The Morgan fingerprint density at radius 3 is 2.00 bits per heavy atom. The van der Waals surface area contributed by atoms with Crippen LogP contribution in [-0.2, 0) is 17.1 Å². The second-order valence-electron chi connectivity index (χ2n) is 7.05. The largest absolute Gasteiger partial charge is 0.416 e. The highest BCUT2D eigenvalue weighted by Crippen LogP contribution is 2.39. The number of hydrogen-bond donors (Lipinski definition) is 0. The van der Waals surface area contributed by atoms with Gasteiger partial charge in [-0.2, -0.15) is 26.3 Å². The summed E-state index contributed by atoms with van der Waals surface area (Å²) in [5, 5.41) is 0. The minimum atomic E-state index is -4.99. The van der Waals surface area contributed by atoms with Crippen LogP contribution in [0.4, 0.5) is 37.7 Å². The fourth-order valence-electron chi connectivity index (χ4n) is 3.05. The van der Waals surface area contributed by atoms with Gasteiger partial charge < -0.3 is 4.90 Å². The van der Waals surface area contributed by atoms with Gasteiger partial charge in [0.05, 0.1) is 22.5 Å². The lowest BCUT2D eigenvalue weighted by Gasteiger charge is -2.18. The Morgan fingerprint density at radius 1 is 0.931 bits per heavy atom. The van der Waals surface area contributed by atoms with Gasteiger partial charge in [-0.3, -0.25) is 4.79 Å². The molecule has 0 bridgehead atoms. The molecular weight excluding hydrogens is 398 g/mol. The molecule has 0 saturated carbocycles. The number of para-hydroxylation sites is 1. The third kappa shape index (κ3) is 4.28. The Morgan fingerprint density at radius 2 is 1.48 bits per heavy atom. The lowest BCUT2D eigenvalue weighted by Crippen LogP contribution is -2.33. The average molecular weight is 414 g/mol. The number of fused-ring (bicyclic) bond motifs is 1. The summed E-state index contributed by atoms with van der Waals surface area (Å²) in [6.07, 6.45) is -9.98. The minimum Gasteiger partial charge on any atom is -0.306 e. The molecule has 0 saturated heterocycles. The van der Waals surface area contributed by atoms with Crippen molar-refractivity contribution >= 4 is 23.0 Å². The van der Waals surface area contributed by atoms with Crippen molar-refractivity contribution in [2.24, 2.45) is 10.9 Å². The van der Waals surface area contributed by atoms with Gasteiger partial charge in [0, 0.05) is 12.1 Å². The molecule has 0 fully saturated rings. The Hall–Kier alpha value is -2.84. The Bertz CT molecular complexity index is 943. The van der Waals surface area contributed by atoms with Crippen LogP contribution in [0.5, 0.6) is 0 Å². The van der Waals surface area contributed by atoms with Crippen molar-refractivity contribution < 1.29 is 31.1 Å². The Kier molecular flexibility index (Phi) is 5.19. The van der Waals surface area contributed by atoms with E-state index in [0.717, 1.165) is 0 Å². The van der Waals surface area contributed by atoms with E-state index in [0.29, 0.717) is 29.9 Å². The van der Waals surface area contributed by atoms with E-state index in [2.05, 4.69) is 4.99 Å². The van der Waals surface area contributed by atoms with Gasteiger partial charge >= 0.3 is 12.4 Å². The number of amides is 1. The van der Waals surface area contributed by atoms with Crippen LogP contribution in [-0.4, -0.2) is 18.2 Å². The standard InChI is InChI=1S/C20H16F6N2O/c1-11(2)10-28-16-6-4-3-5-15(16)17(18(28)29)27-14-8-12(19(21,22)23)7-13(9-14)20(24,25)26/h3-9,11H,10H2,1-2H3. The van der Waals surface area contributed by atoms with Gasteiger partial charge in [-0.05, 0) is 30.2 Å². The molecule has 0 spiro atoms. The maximum atomic E-state index is 13.1. The second kappa shape index (κ2) is 7.20. The zero-order chi connectivity index (χ0) is 21.6. The molecule has 154 valence electrons. The monoisotopic (exact) mass is 414 g/mol. The topological polar surface area (TPSA) is 32.7 Å². The highest BCUT2D eigenvalue weighted by atomic mass is 19.4. The summed E-state index contributed by atoms with van der Waals surface area (Å²) >= 11 is 0. The number of carbonyl (C=O) groups is 1. The number of anilines is 1. The van der Waals surface area contributed by atoms with Crippen LogP contribution in [0.25, 0.3) is 0 Å². The first-order valence-corrected chi connectivity index (χ1v) is 8.67. The lowest BCUT2D eigenvalue weighted by molar-refractivity contribution is -0.143. The van der Waals surface area contributed by atoms with Crippen molar-refractivity contribution in [3.63, 3.8) is 0 Å². The van der Waals surface area contributed by atoms with Gasteiger partial charge in [0.25, 0.3) is 5.91 Å². The van der Waals surface area contributed by atoms with Crippen molar-refractivity contribution in [3.05, 3.63) is 59.2 Å². The minimum absolute atomic E-state index is 0.0270. The average Bonchev–Trinajstić information content (AvgIpc) is 2.85. The maximum absolute atomic E-state index is 13.1. The fraction of sp³-hybridized carbons (Fsp3) is 0.300. The van der Waals surface area contributed by atoms with E-state index in [-0.39, 0.29) is 17.7 Å². The second-order valence-corrected chi connectivity index (χ2v) is 7.05. The number of rotatable bonds is 3. The van der Waals surface area contributed by atoms with Gasteiger partial charge in [0.2, 0.25) is 0 Å². The third-order valence-corrected chi connectivity index (χ3v) is 4.26. The summed E-state index contributed by atoms with van der Waals surface area (Å²) in [7, 11) is 0. The summed E-state index contributed by atoms with van der Waals surface area (Å²) in [4.78, 5) is 18.2. The quantitative estimate of drug-likeness (QED) is 0.580. The van der Waals surface area contributed by atoms with Gasteiger partial charge in [-0.1, -0.05) is 32.0 Å². The van der Waals surface area contributed by atoms with Crippen LogP contribution in [0.15, 0.2) is 47.5 Å². The predicted octanol–water partition coefficient (Wildman–Crippen LogP) is 5.85. The van der Waals surface area contributed by atoms with Crippen LogP contribution in [0.1, 0.15) is 30.5 Å². The van der Waals surface area contributed by atoms with Gasteiger partial charge in [0.15, 0.2) is 0 Å². The summed E-state index contributed by atoms with van der Waals surface area (Å²) < 4.78 is 78.5. The van der Waals surface area contributed by atoms with Crippen molar-refractivity contribution in [1.82, 2.24) is 0 Å². The molecule has 0 unspecified atom stereocenters. The first-order chi connectivity index (χ1) is 13.4. The number of carbonyl (C=O) groups excluding carboxylic acids is 1. The van der Waals surface area contributed by atoms with E-state index in [9.17, 15) is 31.1 Å². The van der Waals surface area contributed by atoms with Crippen LogP contribution in [0.2, 0.25) is 0 Å². The SMILES string of the molecule is CC(C)CN1C(=O)C(=Nc2cc(C(F)(F)F)cc(C(F)(F)F)c2)c2ccccc21. The van der Waals surface area contributed by atoms with Crippen LogP contribution in [0.3, 0.4) is 0 Å². The first-order valence-electron chi connectivity index (χ1n) is 8.67. The molecular formula is C20H16F6N2O. The maximum Gasteiger partial charge on any atom is 0.416 e. The molecule has 0 radical (unpaired) electrons. The smallest absolute Gasteiger partial charge is 0.306 e. The molecule has 0 aliphatic carbocycles. The van der Waals surface area contributed by atoms with E-state index in [1.165, 1.54) is 4.90 Å². The molecule has 1 heterocycles. The van der Waals surface area contributed by atoms with Crippen molar-refractivity contribution in [2.75, 3.05) is 11.4 Å². The highest BCUT2D eigenvalue weighted by molar-refractivity contribution is 6.54. The lowest BCUT2D eigenvalue weighted by atomic mass is 10.1. The molecule has 1 aliphatic heterocycles. The van der Waals surface area contributed by atoms with Crippen LogP contribution < -0.4 is 4.90 Å². The molecule has 9 heteroatoms. The number of benzene rings is 2. The van der Waals surface area contributed by atoms with E-state index in [1.54, 1.807) is 24.3 Å². The van der Waals surface area contributed by atoms with Crippen molar-refractivity contribution in [3.8, 4) is 0 Å². The van der Waals surface area contributed by atoms with Crippen molar-refractivity contribution in [1.29, 1.82) is 0 Å². The summed E-state index contributed by atoms with van der Waals surface area (Å²) in [6, 6.07) is 7.56.